The van der Waals surface area contributed by atoms with Crippen molar-refractivity contribution in [2.45, 2.75) is 0 Å². The van der Waals surface area contributed by atoms with Crippen molar-refractivity contribution in [3.05, 3.63) is 69.1 Å². The van der Waals surface area contributed by atoms with Gasteiger partial charge in [0.2, 0.25) is 0 Å². The van der Waals surface area contributed by atoms with E-state index in [1.807, 2.05) is 0 Å². The number of anilines is 1. The molecule has 0 N–H and O–H groups in total. The van der Waals surface area contributed by atoms with E-state index in [0.717, 1.165) is 11.8 Å². The van der Waals surface area contributed by atoms with E-state index in [1.54, 1.807) is 42.5 Å². The lowest BCUT2D eigenvalue weighted by Crippen LogP contribution is -2.27. The molecule has 0 saturated carbocycles. The highest BCUT2D eigenvalue weighted by molar-refractivity contribution is 8.27. The number of carbonyl (C=O) groups excluding carboxylic acids is 1. The summed E-state index contributed by atoms with van der Waals surface area (Å²) in [5.74, 6) is 0.184. The van der Waals surface area contributed by atoms with E-state index in [1.165, 1.54) is 24.2 Å². The molecule has 126 valence electrons. The van der Waals surface area contributed by atoms with Crippen LogP contribution in [-0.2, 0) is 4.79 Å². The van der Waals surface area contributed by atoms with Gasteiger partial charge in [0.15, 0.2) is 4.32 Å². The van der Waals surface area contributed by atoms with Crippen LogP contribution >= 0.6 is 24.0 Å². The summed E-state index contributed by atoms with van der Waals surface area (Å²) in [6.07, 6.45) is 1.49. The molecule has 1 aliphatic rings. The predicted octanol–water partition coefficient (Wildman–Crippen LogP) is 4.01. The average molecular weight is 372 g/mol. The molecule has 0 radical (unpaired) electrons. The number of thiocarbonyl (C=S) groups is 1. The van der Waals surface area contributed by atoms with Gasteiger partial charge >= 0.3 is 0 Å². The number of nitro groups is 1. The zero-order valence-corrected chi connectivity index (χ0v) is 14.7. The third-order valence-corrected chi connectivity index (χ3v) is 4.84. The first-order chi connectivity index (χ1) is 12.0. The molecular weight excluding hydrogens is 360 g/mol. The predicted molar refractivity (Wildman–Crippen MR) is 102 cm³/mol. The highest BCUT2D eigenvalue weighted by Gasteiger charge is 2.35. The molecule has 6 nitrogen and oxygen atoms in total. The van der Waals surface area contributed by atoms with Crippen molar-refractivity contribution < 1.29 is 14.5 Å². The molecule has 0 atom stereocenters. The summed E-state index contributed by atoms with van der Waals surface area (Å²) in [5, 5.41) is 11.1. The Labute approximate surface area is 153 Å². The molecule has 1 amide bonds. The van der Waals surface area contributed by atoms with E-state index in [4.69, 9.17) is 17.0 Å². The first-order valence-electron chi connectivity index (χ1n) is 7.17. The number of amides is 1. The van der Waals surface area contributed by atoms with Crippen molar-refractivity contribution in [3.63, 3.8) is 0 Å². The molecule has 1 saturated heterocycles. The highest BCUT2D eigenvalue weighted by atomic mass is 32.2. The Morgan fingerprint density at radius 2 is 1.88 bits per heavy atom. The van der Waals surface area contributed by atoms with E-state index < -0.39 is 4.92 Å². The van der Waals surface area contributed by atoms with Gasteiger partial charge in [0.1, 0.15) is 5.75 Å². The molecule has 1 aliphatic heterocycles. The van der Waals surface area contributed by atoms with E-state index >= 15 is 0 Å². The molecule has 25 heavy (non-hydrogen) atoms. The molecule has 3 rings (SSSR count). The van der Waals surface area contributed by atoms with Crippen LogP contribution in [0.4, 0.5) is 11.4 Å². The Balaban J connectivity index is 2.01. The van der Waals surface area contributed by atoms with Crippen LogP contribution in [0.5, 0.6) is 5.75 Å². The lowest BCUT2D eigenvalue weighted by molar-refractivity contribution is -0.385. The summed E-state index contributed by atoms with van der Waals surface area (Å²) in [6.45, 7) is 0. The maximum Gasteiger partial charge on any atom is 0.276 e. The summed E-state index contributed by atoms with van der Waals surface area (Å²) in [5.41, 5.74) is 0.830. The second-order valence-corrected chi connectivity index (χ2v) is 6.68. The molecule has 2 aromatic carbocycles. The van der Waals surface area contributed by atoms with Crippen molar-refractivity contribution >= 4 is 51.7 Å². The Morgan fingerprint density at radius 1 is 1.20 bits per heavy atom. The van der Waals surface area contributed by atoms with Gasteiger partial charge in [0.05, 0.1) is 28.2 Å². The summed E-state index contributed by atoms with van der Waals surface area (Å²) in [4.78, 5) is 25.2. The van der Waals surface area contributed by atoms with Crippen LogP contribution < -0.4 is 9.64 Å². The van der Waals surface area contributed by atoms with Gasteiger partial charge in [0, 0.05) is 6.07 Å². The van der Waals surface area contributed by atoms with Crippen LogP contribution in [0, 0.1) is 10.1 Å². The summed E-state index contributed by atoms with van der Waals surface area (Å²) in [7, 11) is 1.51. The van der Waals surface area contributed by atoms with Gasteiger partial charge in [-0.1, -0.05) is 48.2 Å². The van der Waals surface area contributed by atoms with E-state index in [9.17, 15) is 14.9 Å². The maximum atomic E-state index is 12.8. The molecule has 0 aliphatic carbocycles. The first-order valence-corrected chi connectivity index (χ1v) is 8.40. The van der Waals surface area contributed by atoms with E-state index in [2.05, 4.69) is 0 Å². The average Bonchev–Trinajstić information content (AvgIpc) is 2.88. The molecule has 1 fully saturated rings. The standard InChI is InChI=1S/C17H12N2O4S2/c1-23-14-9-5-4-8-13(14)18-16(20)15(25-17(18)24)10-11-6-2-3-7-12(11)19(21)22/h2-10H,1H3/b15-10+. The number of nitro benzene ring substituents is 1. The monoisotopic (exact) mass is 372 g/mol. The van der Waals surface area contributed by atoms with Crippen LogP contribution in [0.25, 0.3) is 6.08 Å². The molecule has 0 spiro atoms. The molecule has 2 aromatic rings. The molecule has 0 aromatic heterocycles. The normalized spacial score (nSPS) is 15.7. The second kappa shape index (κ2) is 7.04. The number of hydrogen-bond donors (Lipinski definition) is 0. The highest BCUT2D eigenvalue weighted by Crippen LogP contribution is 2.40. The van der Waals surface area contributed by atoms with Gasteiger partial charge in [-0.2, -0.15) is 0 Å². The minimum Gasteiger partial charge on any atom is -0.495 e. The number of benzene rings is 2. The van der Waals surface area contributed by atoms with Gasteiger partial charge < -0.3 is 4.74 Å². The smallest absolute Gasteiger partial charge is 0.276 e. The van der Waals surface area contributed by atoms with Gasteiger partial charge in [0.25, 0.3) is 11.6 Å². The number of hydrogen-bond acceptors (Lipinski definition) is 6. The fourth-order valence-electron chi connectivity index (χ4n) is 2.41. The van der Waals surface area contributed by atoms with Crippen molar-refractivity contribution in [2.75, 3.05) is 12.0 Å². The minimum atomic E-state index is -0.479. The molecule has 0 bridgehead atoms. The molecule has 8 heteroatoms. The van der Waals surface area contributed by atoms with Gasteiger partial charge in [-0.05, 0) is 24.3 Å². The Kier molecular flexibility index (Phi) is 4.82. The number of carbonyl (C=O) groups is 1. The summed E-state index contributed by atoms with van der Waals surface area (Å²) >= 11 is 6.42. The topological polar surface area (TPSA) is 72.7 Å². The van der Waals surface area contributed by atoms with Crippen molar-refractivity contribution in [3.8, 4) is 5.75 Å². The van der Waals surface area contributed by atoms with Crippen LogP contribution in [0.15, 0.2) is 53.4 Å². The Morgan fingerprint density at radius 3 is 2.60 bits per heavy atom. The Hall–Kier alpha value is -2.71. The number of thioether (sulfide) groups is 1. The summed E-state index contributed by atoms with van der Waals surface area (Å²) < 4.78 is 5.63. The first kappa shape index (κ1) is 17.1. The van der Waals surface area contributed by atoms with E-state index in [-0.39, 0.29) is 11.6 Å². The number of ether oxygens (including phenoxy) is 1. The summed E-state index contributed by atoms with van der Waals surface area (Å²) in [6, 6.07) is 13.3. The third kappa shape index (κ3) is 3.26. The van der Waals surface area contributed by atoms with Gasteiger partial charge in [-0.15, -0.1) is 0 Å². The van der Waals surface area contributed by atoms with Gasteiger partial charge in [-0.25, -0.2) is 0 Å². The number of nitrogens with zero attached hydrogens (tertiary/aromatic N) is 2. The number of methoxy groups -OCH3 is 1. The van der Waals surface area contributed by atoms with Crippen molar-refractivity contribution in [1.29, 1.82) is 0 Å². The van der Waals surface area contributed by atoms with E-state index in [0.29, 0.717) is 26.2 Å². The van der Waals surface area contributed by atoms with Crippen LogP contribution in [0.1, 0.15) is 5.56 Å². The van der Waals surface area contributed by atoms with Crippen LogP contribution in [0.2, 0.25) is 0 Å². The number of rotatable bonds is 4. The fourth-order valence-corrected chi connectivity index (χ4v) is 3.68. The molecular formula is C17H12N2O4S2. The van der Waals surface area contributed by atoms with Crippen LogP contribution in [-0.4, -0.2) is 22.3 Å². The SMILES string of the molecule is COc1ccccc1N1C(=O)/C(=C\c2ccccc2[N+](=O)[O-])SC1=S. The fraction of sp³-hybridized carbons (Fsp3) is 0.0588. The second-order valence-electron chi connectivity index (χ2n) is 5.00. The van der Waals surface area contributed by atoms with Crippen molar-refractivity contribution in [2.24, 2.45) is 0 Å². The largest absolute Gasteiger partial charge is 0.495 e. The minimum absolute atomic E-state index is 0.0648. The maximum absolute atomic E-state index is 12.8. The molecule has 1 heterocycles. The lowest BCUT2D eigenvalue weighted by Gasteiger charge is -2.17. The molecule has 0 unspecified atom stereocenters. The lowest BCUT2D eigenvalue weighted by atomic mass is 10.1. The quantitative estimate of drug-likeness (QED) is 0.349. The van der Waals surface area contributed by atoms with Crippen molar-refractivity contribution in [1.82, 2.24) is 0 Å². The third-order valence-electron chi connectivity index (χ3n) is 3.54. The zero-order chi connectivity index (χ0) is 18.0. The van der Waals surface area contributed by atoms with Gasteiger partial charge in [-0.3, -0.25) is 19.8 Å². The Bertz CT molecular complexity index is 911. The van der Waals surface area contributed by atoms with Crippen LogP contribution in [0.3, 0.4) is 0 Å². The zero-order valence-electron chi connectivity index (χ0n) is 13.0. The number of para-hydroxylation sites is 3.